The molecule has 0 saturated heterocycles. The number of halogens is 13. The van der Waals surface area contributed by atoms with Crippen LogP contribution in [0.2, 0.25) is 5.02 Å². The Morgan fingerprint density at radius 3 is 1.17 bits per heavy atom. The van der Waals surface area contributed by atoms with Crippen LogP contribution in [0.25, 0.3) is 0 Å². The zero-order chi connectivity index (χ0) is 20.2. The number of hydrogen-bond donors (Lipinski definition) is 0. The van der Waals surface area contributed by atoms with Crippen molar-refractivity contribution in [1.29, 1.82) is 0 Å². The van der Waals surface area contributed by atoms with E-state index in [1.54, 1.807) is 0 Å². The summed E-state index contributed by atoms with van der Waals surface area (Å²) < 4.78 is 118. The Balaban J connectivity index is -0.000000259. The van der Waals surface area contributed by atoms with Gasteiger partial charge in [0.05, 0.1) is 0 Å². The first-order chi connectivity index (χ1) is 10.3. The smallest absolute Gasteiger partial charge is 0.418 e. The number of rotatable bonds is 1. The summed E-state index contributed by atoms with van der Waals surface area (Å²) in [5.74, 6) is 0. The Kier molecular flexibility index (Phi) is 16.7. The summed E-state index contributed by atoms with van der Waals surface area (Å²) in [6.07, 6.45) is 0. The quantitative estimate of drug-likeness (QED) is 0.388. The summed E-state index contributed by atoms with van der Waals surface area (Å²) in [5, 5.41) is 0.858. The fourth-order valence-corrected chi connectivity index (χ4v) is 1.66. The maximum absolute atomic E-state index is 9.75. The molecule has 0 aliphatic carbocycles. The van der Waals surface area contributed by atoms with Gasteiger partial charge >= 0.3 is 118 Å². The number of hydrogen-bond acceptors (Lipinski definition) is 0. The molecule has 24 heavy (non-hydrogen) atoms. The normalized spacial score (nSPS) is 11.1. The molecule has 17 heteroatoms. The zero-order valence-corrected chi connectivity index (χ0v) is 15.5. The standard InChI is InChI=1S/C7H6Cl.3BF4.K/c1-6-3-2-4-7(8)5-6;3*2-1(3,4)5;/h2-5H,1H2;;;;/q;3*-1;. The van der Waals surface area contributed by atoms with E-state index in [0.29, 0.717) is 0 Å². The van der Waals surface area contributed by atoms with Gasteiger partial charge in [-0.05, 0) is 0 Å². The first-order valence-electron chi connectivity index (χ1n) is 5.69. The molecule has 0 atom stereocenters. The molecule has 0 nitrogen and oxygen atoms in total. The molecule has 0 amide bonds. The first kappa shape index (κ1) is 29.3. The van der Waals surface area contributed by atoms with Crippen LogP contribution in [0.1, 0.15) is 5.56 Å². The van der Waals surface area contributed by atoms with E-state index < -0.39 is 21.8 Å². The van der Waals surface area contributed by atoms with Gasteiger partial charge in [0, 0.05) is 0 Å². The van der Waals surface area contributed by atoms with Gasteiger partial charge in [-0.25, -0.2) is 0 Å². The van der Waals surface area contributed by atoms with Crippen molar-refractivity contribution in [3.8, 4) is 0 Å². The van der Waals surface area contributed by atoms with Crippen molar-refractivity contribution in [2.75, 3.05) is 0 Å². The van der Waals surface area contributed by atoms with E-state index >= 15 is 0 Å². The molecule has 0 spiro atoms. The second-order valence-corrected chi connectivity index (χ2v) is 5.01. The summed E-state index contributed by atoms with van der Waals surface area (Å²) in [7, 11) is -18.0. The maximum Gasteiger partial charge on any atom is 0.673 e. The van der Waals surface area contributed by atoms with Crippen molar-refractivity contribution < 1.29 is 51.8 Å². The molecule has 138 valence electrons. The van der Waals surface area contributed by atoms with Crippen LogP contribution < -0.4 is 0 Å². The van der Waals surface area contributed by atoms with Crippen LogP contribution in [0.15, 0.2) is 24.3 Å². The van der Waals surface area contributed by atoms with Crippen LogP contribution >= 0.6 is 11.6 Å². The van der Waals surface area contributed by atoms with Crippen LogP contribution in [-0.2, 0) is 0.515 Å². The van der Waals surface area contributed by atoms with Gasteiger partial charge in [-0.2, -0.15) is 0 Å². The van der Waals surface area contributed by atoms with Crippen molar-refractivity contribution in [2.24, 2.45) is 0 Å². The zero-order valence-electron chi connectivity index (χ0n) is 11.7. The van der Waals surface area contributed by atoms with Gasteiger partial charge in [0.1, 0.15) is 0 Å². The van der Waals surface area contributed by atoms with Gasteiger partial charge in [-0.3, -0.25) is 0 Å². The Hall–Kier alpha value is 0.501. The summed E-state index contributed by atoms with van der Waals surface area (Å²) in [4.78, 5) is 0. The van der Waals surface area contributed by atoms with Crippen molar-refractivity contribution >= 4 is 82.3 Å². The minimum atomic E-state index is -6.00. The maximum atomic E-state index is 9.75. The molecule has 0 aliphatic rings. The van der Waals surface area contributed by atoms with Gasteiger partial charge in [0.15, 0.2) is 0 Å². The van der Waals surface area contributed by atoms with E-state index in [-0.39, 0.29) is 0 Å². The van der Waals surface area contributed by atoms with Crippen LogP contribution in [0.5, 0.6) is 0 Å². The molecule has 0 bridgehead atoms. The third-order valence-corrected chi connectivity index (χ3v) is 2.81. The van der Waals surface area contributed by atoms with Gasteiger partial charge in [0.2, 0.25) is 0 Å². The van der Waals surface area contributed by atoms with Crippen molar-refractivity contribution in [1.82, 2.24) is 0 Å². The van der Waals surface area contributed by atoms with Gasteiger partial charge in [-0.1, -0.05) is 0 Å². The van der Waals surface area contributed by atoms with Crippen molar-refractivity contribution in [2.45, 2.75) is 0.515 Å². The second kappa shape index (κ2) is 13.7. The topological polar surface area (TPSA) is 0 Å². The molecular formula is C7H6B3ClF12K-3. The average Bonchev–Trinajstić information content (AvgIpc) is 2.21. The first-order valence-corrected chi connectivity index (χ1v) is 8.28. The van der Waals surface area contributed by atoms with E-state index in [1.165, 1.54) is 6.08 Å². The van der Waals surface area contributed by atoms with E-state index in [9.17, 15) is 51.8 Å². The molecule has 0 heterocycles. The fraction of sp³-hybridized carbons (Fsp3) is 0.143. The molecule has 1 aromatic rings. The molecular weight excluding hydrogens is 419 g/mol. The summed E-state index contributed by atoms with van der Waals surface area (Å²) in [6, 6.07) is 8.07. The van der Waals surface area contributed by atoms with Crippen LogP contribution in [0, 0.1) is 0 Å². The minimum Gasteiger partial charge on any atom is -0.418 e. The van der Waals surface area contributed by atoms with E-state index in [1.807, 2.05) is 18.2 Å². The number of benzene rings is 1. The molecule has 0 radical (unpaired) electrons. The Morgan fingerprint density at radius 2 is 1.00 bits per heavy atom. The molecule has 0 unspecified atom stereocenters. The summed E-state index contributed by atoms with van der Waals surface area (Å²) in [5.41, 5.74) is 1.38. The molecule has 1 rings (SSSR count). The van der Waals surface area contributed by atoms with Gasteiger partial charge in [0.25, 0.3) is 0 Å². The largest absolute Gasteiger partial charge is 0.673 e. The van der Waals surface area contributed by atoms with E-state index in [0.717, 1.165) is 54.0 Å². The fourth-order valence-electron chi connectivity index (χ4n) is 0.757. The van der Waals surface area contributed by atoms with Gasteiger partial charge in [-0.15, -0.1) is 0 Å². The molecule has 0 saturated carbocycles. The predicted molar refractivity (Wildman–Crippen MR) is 71.5 cm³/mol. The third kappa shape index (κ3) is 66.6. The van der Waals surface area contributed by atoms with E-state index in [2.05, 4.69) is 6.07 Å². The Labute approximate surface area is 168 Å². The SMILES string of the molecule is Clc1cccc([CH2][K])c1.F[B-](F)(F)F.F[B-](F)(F)F.F[B-](F)(F)F. The average molecular weight is 425 g/mol. The second-order valence-electron chi connectivity index (χ2n) is 3.47. The third-order valence-electron chi connectivity index (χ3n) is 1.30. The predicted octanol–water partition coefficient (Wildman–Crippen LogP) is 5.91. The molecule has 0 aromatic heterocycles. The summed E-state index contributed by atoms with van der Waals surface area (Å²) >= 11 is 6.64. The minimum absolute atomic E-state index is 0.858. The summed E-state index contributed by atoms with van der Waals surface area (Å²) in [6.45, 7) is 0. The van der Waals surface area contributed by atoms with Crippen LogP contribution in [-0.4, -0.2) is 70.7 Å². The molecule has 0 aliphatic heterocycles. The van der Waals surface area contributed by atoms with Crippen molar-refractivity contribution in [3.05, 3.63) is 34.9 Å². The van der Waals surface area contributed by atoms with Gasteiger partial charge < -0.3 is 51.8 Å². The molecule has 0 N–H and O–H groups in total. The Bertz CT molecular complexity index is 387. The molecule has 0 fully saturated rings. The Morgan fingerprint density at radius 1 is 0.708 bits per heavy atom. The van der Waals surface area contributed by atoms with E-state index in [4.69, 9.17) is 11.6 Å². The van der Waals surface area contributed by atoms with Crippen LogP contribution in [0.4, 0.5) is 51.8 Å². The molecule has 1 aromatic carbocycles. The monoisotopic (exact) mass is 425 g/mol. The van der Waals surface area contributed by atoms with Crippen LogP contribution in [0.3, 0.4) is 0 Å². The van der Waals surface area contributed by atoms with Crippen molar-refractivity contribution in [3.63, 3.8) is 0 Å².